The first-order valence-corrected chi connectivity index (χ1v) is 6.28. The molecule has 0 saturated heterocycles. The van der Waals surface area contributed by atoms with E-state index < -0.39 is 0 Å². The molecule has 0 atom stereocenters. The predicted octanol–water partition coefficient (Wildman–Crippen LogP) is 4.44. The molecule has 0 spiro atoms. The molecule has 1 N–H and O–H groups in total. The van der Waals surface area contributed by atoms with Gasteiger partial charge >= 0.3 is 0 Å². The Morgan fingerprint density at radius 2 is 2.12 bits per heavy atom. The third-order valence-corrected chi connectivity index (χ3v) is 1.92. The molecular formula is C16H27N. The summed E-state index contributed by atoms with van der Waals surface area (Å²) >= 11 is 0. The average Bonchev–Trinajstić information content (AvgIpc) is 2.84. The van der Waals surface area contributed by atoms with E-state index in [0.29, 0.717) is 0 Å². The highest BCUT2D eigenvalue weighted by Crippen LogP contribution is 1.98. The highest BCUT2D eigenvalue weighted by atomic mass is 14.8. The molecule has 1 heterocycles. The lowest BCUT2D eigenvalue weighted by Crippen LogP contribution is -1.99. The minimum absolute atomic E-state index is 1.01. The Labute approximate surface area is 108 Å². The SMILES string of the molecule is C/C=C1/C=CNC1.C=CC.CC#CCCCC. The monoisotopic (exact) mass is 233 g/mol. The van der Waals surface area contributed by atoms with Crippen LogP contribution in [-0.4, -0.2) is 6.54 Å². The first kappa shape index (κ1) is 18.0. The van der Waals surface area contributed by atoms with E-state index in [4.69, 9.17) is 0 Å². The van der Waals surface area contributed by atoms with Gasteiger partial charge in [0.1, 0.15) is 0 Å². The maximum atomic E-state index is 3.36. The second kappa shape index (κ2) is 17.0. The van der Waals surface area contributed by atoms with Gasteiger partial charge in [-0.2, -0.15) is 0 Å². The molecule has 0 bridgehead atoms. The molecule has 17 heavy (non-hydrogen) atoms. The lowest BCUT2D eigenvalue weighted by Gasteiger charge is -1.86. The van der Waals surface area contributed by atoms with Crippen LogP contribution < -0.4 is 5.32 Å². The van der Waals surface area contributed by atoms with Crippen molar-refractivity contribution in [1.82, 2.24) is 5.32 Å². The topological polar surface area (TPSA) is 12.0 Å². The van der Waals surface area contributed by atoms with Crippen molar-refractivity contribution in [2.75, 3.05) is 6.54 Å². The van der Waals surface area contributed by atoms with Crippen molar-refractivity contribution in [1.29, 1.82) is 0 Å². The lowest BCUT2D eigenvalue weighted by atomic mass is 10.3. The fourth-order valence-electron chi connectivity index (χ4n) is 0.990. The summed E-state index contributed by atoms with van der Waals surface area (Å²) in [5.74, 6) is 5.85. The van der Waals surface area contributed by atoms with Gasteiger partial charge in [0.15, 0.2) is 0 Å². The molecule has 0 aromatic heterocycles. The molecule has 1 aliphatic heterocycles. The lowest BCUT2D eigenvalue weighted by molar-refractivity contribution is 0.828. The first-order valence-electron chi connectivity index (χ1n) is 6.28. The average molecular weight is 233 g/mol. The Balaban J connectivity index is 0. The van der Waals surface area contributed by atoms with E-state index in [1.165, 1.54) is 18.4 Å². The van der Waals surface area contributed by atoms with Gasteiger partial charge < -0.3 is 5.32 Å². The van der Waals surface area contributed by atoms with Gasteiger partial charge in [-0.15, -0.1) is 18.4 Å². The summed E-state index contributed by atoms with van der Waals surface area (Å²) in [7, 11) is 0. The number of unbranched alkanes of at least 4 members (excludes halogenated alkanes) is 2. The summed E-state index contributed by atoms with van der Waals surface area (Å²) in [5.41, 5.74) is 1.38. The molecule has 0 radical (unpaired) electrons. The minimum Gasteiger partial charge on any atom is -0.387 e. The summed E-state index contributed by atoms with van der Waals surface area (Å²) in [5, 5.41) is 3.07. The van der Waals surface area contributed by atoms with E-state index in [0.717, 1.165) is 13.0 Å². The van der Waals surface area contributed by atoms with E-state index in [-0.39, 0.29) is 0 Å². The van der Waals surface area contributed by atoms with E-state index in [9.17, 15) is 0 Å². The van der Waals surface area contributed by atoms with Crippen molar-refractivity contribution in [3.63, 3.8) is 0 Å². The Morgan fingerprint density at radius 3 is 2.41 bits per heavy atom. The molecule has 1 aliphatic rings. The van der Waals surface area contributed by atoms with Gasteiger partial charge in [0.2, 0.25) is 0 Å². The Morgan fingerprint density at radius 1 is 1.47 bits per heavy atom. The Bertz CT molecular complexity index is 271. The highest BCUT2D eigenvalue weighted by molar-refractivity contribution is 5.23. The molecule has 0 aliphatic carbocycles. The smallest absolute Gasteiger partial charge is 0.0392 e. The molecule has 96 valence electrons. The molecule has 0 unspecified atom stereocenters. The van der Waals surface area contributed by atoms with Crippen LogP contribution in [-0.2, 0) is 0 Å². The zero-order valence-corrected chi connectivity index (χ0v) is 11.8. The molecule has 0 fully saturated rings. The molecular weight excluding hydrogens is 206 g/mol. The summed E-state index contributed by atoms with van der Waals surface area (Å²) in [4.78, 5) is 0. The standard InChI is InChI=1S/C7H12.C6H9N.C3H6/c1-3-5-7-6-4-2;1-2-6-3-4-7-5-6;1-3-2/h3,5,7H2,1-2H3;2-4,7H,5H2,1H3;3H,1H2,2H3/b;6-2-;. The van der Waals surface area contributed by atoms with E-state index in [1.807, 2.05) is 27.0 Å². The largest absolute Gasteiger partial charge is 0.387 e. The van der Waals surface area contributed by atoms with Crippen LogP contribution in [0.1, 0.15) is 47.0 Å². The minimum atomic E-state index is 1.01. The zero-order chi connectivity index (χ0) is 13.4. The van der Waals surface area contributed by atoms with Crippen LogP contribution in [0.5, 0.6) is 0 Å². The Hall–Kier alpha value is -1.42. The second-order valence-electron chi connectivity index (χ2n) is 3.52. The molecule has 0 aromatic rings. The predicted molar refractivity (Wildman–Crippen MR) is 79.7 cm³/mol. The van der Waals surface area contributed by atoms with Crippen molar-refractivity contribution in [3.8, 4) is 11.8 Å². The van der Waals surface area contributed by atoms with Crippen molar-refractivity contribution >= 4 is 0 Å². The van der Waals surface area contributed by atoms with Crippen LogP contribution >= 0.6 is 0 Å². The normalized spacial score (nSPS) is 13.3. The summed E-state index contributed by atoms with van der Waals surface area (Å²) < 4.78 is 0. The maximum absolute atomic E-state index is 3.36. The first-order chi connectivity index (χ1) is 8.26. The maximum Gasteiger partial charge on any atom is 0.0392 e. The van der Waals surface area contributed by atoms with Crippen LogP contribution in [0.4, 0.5) is 0 Å². The molecule has 0 amide bonds. The fourth-order valence-corrected chi connectivity index (χ4v) is 0.990. The number of hydrogen-bond acceptors (Lipinski definition) is 1. The number of allylic oxidation sites excluding steroid dienone is 2. The quantitative estimate of drug-likeness (QED) is 0.422. The number of rotatable bonds is 2. The van der Waals surface area contributed by atoms with Gasteiger partial charge in [-0.05, 0) is 45.0 Å². The van der Waals surface area contributed by atoms with Gasteiger partial charge in [-0.3, -0.25) is 0 Å². The summed E-state index contributed by atoms with van der Waals surface area (Å²) in [6.45, 7) is 12.4. The van der Waals surface area contributed by atoms with Crippen LogP contribution in [0.2, 0.25) is 0 Å². The molecule has 1 nitrogen and oxygen atoms in total. The third kappa shape index (κ3) is 17.2. The molecule has 1 heteroatoms. The third-order valence-electron chi connectivity index (χ3n) is 1.92. The van der Waals surface area contributed by atoms with Crippen molar-refractivity contribution in [2.24, 2.45) is 0 Å². The van der Waals surface area contributed by atoms with Gasteiger partial charge in [-0.25, -0.2) is 0 Å². The van der Waals surface area contributed by atoms with Crippen molar-refractivity contribution < 1.29 is 0 Å². The van der Waals surface area contributed by atoms with E-state index in [1.54, 1.807) is 6.08 Å². The molecule has 0 saturated carbocycles. The van der Waals surface area contributed by atoms with E-state index in [2.05, 4.69) is 42.8 Å². The molecule has 1 rings (SSSR count). The summed E-state index contributed by atoms with van der Waals surface area (Å²) in [6, 6.07) is 0. The van der Waals surface area contributed by atoms with Crippen molar-refractivity contribution in [2.45, 2.75) is 47.0 Å². The Kier molecular flexibility index (Phi) is 17.9. The van der Waals surface area contributed by atoms with Gasteiger partial charge in [0, 0.05) is 13.0 Å². The van der Waals surface area contributed by atoms with Gasteiger partial charge in [0.05, 0.1) is 0 Å². The van der Waals surface area contributed by atoms with E-state index >= 15 is 0 Å². The van der Waals surface area contributed by atoms with Crippen LogP contribution in [0.15, 0.2) is 36.6 Å². The van der Waals surface area contributed by atoms with Crippen LogP contribution in [0.25, 0.3) is 0 Å². The van der Waals surface area contributed by atoms with Crippen LogP contribution in [0, 0.1) is 11.8 Å². The van der Waals surface area contributed by atoms with Crippen LogP contribution in [0.3, 0.4) is 0 Å². The fraction of sp³-hybridized carbons (Fsp3) is 0.500. The second-order valence-corrected chi connectivity index (χ2v) is 3.52. The molecule has 0 aromatic carbocycles. The van der Waals surface area contributed by atoms with Gasteiger partial charge in [0.25, 0.3) is 0 Å². The number of nitrogens with one attached hydrogen (secondary N) is 1. The van der Waals surface area contributed by atoms with Gasteiger partial charge in [-0.1, -0.05) is 25.5 Å². The number of hydrogen-bond donors (Lipinski definition) is 1. The highest BCUT2D eigenvalue weighted by Gasteiger charge is 1.92. The zero-order valence-electron chi connectivity index (χ0n) is 11.8. The summed E-state index contributed by atoms with van der Waals surface area (Å²) in [6.07, 6.45) is 11.5. The van der Waals surface area contributed by atoms with Crippen molar-refractivity contribution in [3.05, 3.63) is 36.6 Å².